The third-order valence-corrected chi connectivity index (χ3v) is 8.17. The zero-order valence-corrected chi connectivity index (χ0v) is 20.9. The van der Waals surface area contributed by atoms with E-state index in [4.69, 9.17) is 28.2 Å². The van der Waals surface area contributed by atoms with Crippen LogP contribution in [0.3, 0.4) is 0 Å². The van der Waals surface area contributed by atoms with Gasteiger partial charge in [-0.2, -0.15) is 0 Å². The smallest absolute Gasteiger partial charge is 0.233 e. The van der Waals surface area contributed by atoms with Crippen LogP contribution in [0.5, 0.6) is 0 Å². The molecule has 2 aromatic heterocycles. The Hall–Kier alpha value is -2.33. The number of carbonyl (C=O) groups excluding carboxylic acids is 1. The number of fused-ring (bicyclic) bond motifs is 1. The molecule has 0 spiro atoms. The van der Waals surface area contributed by atoms with Crippen LogP contribution >= 0.6 is 46.3 Å². The van der Waals surface area contributed by atoms with Crippen LogP contribution in [-0.2, 0) is 11.8 Å². The second kappa shape index (κ2) is 9.50. The maximum atomic E-state index is 12.8. The minimum atomic E-state index is 0.0954. The van der Waals surface area contributed by atoms with Crippen LogP contribution in [0.4, 0.5) is 5.13 Å². The molecule has 5 rings (SSSR count). The summed E-state index contributed by atoms with van der Waals surface area (Å²) in [6, 6.07) is 13.4. The number of thiazole rings is 1. The fourth-order valence-corrected chi connectivity index (χ4v) is 6.03. The molecule has 4 aromatic rings. The molecule has 170 valence electrons. The van der Waals surface area contributed by atoms with Crippen LogP contribution in [0, 0.1) is 0 Å². The van der Waals surface area contributed by atoms with Gasteiger partial charge in [0.15, 0.2) is 16.1 Å². The molecule has 0 N–H and O–H groups in total. The standard InChI is InChI=1S/C22H20Cl2N6OS2/c1-28-20(15-7-6-14(23)12-16(15)24)26-27-22(28)32-13-19(31)29-8-10-30(11-9-29)21-25-17-4-2-3-5-18(17)33-21/h2-7,12H,8-11,13H2,1H3. The summed E-state index contributed by atoms with van der Waals surface area (Å²) < 4.78 is 3.03. The number of aromatic nitrogens is 4. The van der Waals surface area contributed by atoms with Gasteiger partial charge in [0.1, 0.15) is 0 Å². The van der Waals surface area contributed by atoms with Gasteiger partial charge >= 0.3 is 0 Å². The molecule has 11 heteroatoms. The van der Waals surface area contributed by atoms with E-state index in [2.05, 4.69) is 21.2 Å². The first-order chi connectivity index (χ1) is 16.0. The highest BCUT2D eigenvalue weighted by molar-refractivity contribution is 7.99. The topological polar surface area (TPSA) is 67.2 Å². The molecule has 3 heterocycles. The number of anilines is 1. The molecule has 0 unspecified atom stereocenters. The predicted octanol–water partition coefficient (Wildman–Crippen LogP) is 4.84. The van der Waals surface area contributed by atoms with Crippen molar-refractivity contribution in [3.8, 4) is 11.4 Å². The molecular formula is C22H20Cl2N6OS2. The lowest BCUT2D eigenvalue weighted by atomic mass is 10.2. The average Bonchev–Trinajstić information content (AvgIpc) is 3.41. The Kier molecular flexibility index (Phi) is 6.47. The van der Waals surface area contributed by atoms with Crippen LogP contribution in [0.1, 0.15) is 0 Å². The number of piperazine rings is 1. The molecule has 1 saturated heterocycles. The zero-order valence-electron chi connectivity index (χ0n) is 17.7. The monoisotopic (exact) mass is 518 g/mol. The van der Waals surface area contributed by atoms with Crippen molar-refractivity contribution in [1.29, 1.82) is 0 Å². The van der Waals surface area contributed by atoms with E-state index in [0.29, 0.717) is 39.9 Å². The van der Waals surface area contributed by atoms with Crippen molar-refractivity contribution in [3.63, 3.8) is 0 Å². The van der Waals surface area contributed by atoms with Gasteiger partial charge in [0.25, 0.3) is 0 Å². The number of halogens is 2. The summed E-state index contributed by atoms with van der Waals surface area (Å²) >= 11 is 15.4. The lowest BCUT2D eigenvalue weighted by molar-refractivity contribution is -0.128. The average molecular weight is 519 g/mol. The van der Waals surface area contributed by atoms with Gasteiger partial charge in [0.05, 0.1) is 21.0 Å². The minimum Gasteiger partial charge on any atom is -0.345 e. The first-order valence-electron chi connectivity index (χ1n) is 10.4. The normalized spacial score (nSPS) is 14.3. The Labute approximate surface area is 209 Å². The van der Waals surface area contributed by atoms with Gasteiger partial charge in [0, 0.05) is 43.8 Å². The number of hydrogen-bond donors (Lipinski definition) is 0. The molecule has 1 fully saturated rings. The number of thioether (sulfide) groups is 1. The SMILES string of the molecule is Cn1c(SCC(=O)N2CCN(c3nc4ccccc4s3)CC2)nnc1-c1ccc(Cl)cc1Cl. The number of hydrogen-bond acceptors (Lipinski definition) is 7. The molecule has 1 aliphatic rings. The van der Waals surface area contributed by atoms with Gasteiger partial charge in [-0.1, -0.05) is 58.4 Å². The maximum Gasteiger partial charge on any atom is 0.233 e. The molecule has 0 atom stereocenters. The molecule has 0 bridgehead atoms. The summed E-state index contributed by atoms with van der Waals surface area (Å²) in [6.07, 6.45) is 0. The minimum absolute atomic E-state index is 0.0954. The lowest BCUT2D eigenvalue weighted by Gasteiger charge is -2.34. The number of para-hydroxylation sites is 1. The van der Waals surface area contributed by atoms with E-state index in [1.54, 1.807) is 23.5 Å². The van der Waals surface area contributed by atoms with Crippen molar-refractivity contribution >= 4 is 67.6 Å². The van der Waals surface area contributed by atoms with Crippen molar-refractivity contribution < 1.29 is 4.79 Å². The second-order valence-electron chi connectivity index (χ2n) is 7.61. The van der Waals surface area contributed by atoms with Crippen molar-refractivity contribution in [3.05, 3.63) is 52.5 Å². The number of benzene rings is 2. The summed E-state index contributed by atoms with van der Waals surface area (Å²) in [7, 11) is 1.86. The molecule has 1 amide bonds. The van der Waals surface area contributed by atoms with Gasteiger partial charge in [-0.15, -0.1) is 10.2 Å². The third-order valence-electron chi connectivity index (χ3n) is 5.52. The zero-order chi connectivity index (χ0) is 22.9. The van der Waals surface area contributed by atoms with E-state index >= 15 is 0 Å². The molecule has 0 saturated carbocycles. The molecule has 0 radical (unpaired) electrons. The fourth-order valence-electron chi connectivity index (χ4n) is 3.71. The number of rotatable bonds is 5. The Morgan fingerprint density at radius 1 is 1.09 bits per heavy atom. The van der Waals surface area contributed by atoms with E-state index < -0.39 is 0 Å². The van der Waals surface area contributed by atoms with Gasteiger partial charge in [-0.3, -0.25) is 4.79 Å². The first kappa shape index (κ1) is 22.5. The molecule has 7 nitrogen and oxygen atoms in total. The molecule has 0 aliphatic carbocycles. The lowest BCUT2D eigenvalue weighted by Crippen LogP contribution is -2.49. The number of carbonyl (C=O) groups is 1. The number of amides is 1. The van der Waals surface area contributed by atoms with Gasteiger partial charge in [-0.05, 0) is 30.3 Å². The summed E-state index contributed by atoms with van der Waals surface area (Å²) in [6.45, 7) is 2.92. The van der Waals surface area contributed by atoms with Crippen molar-refractivity contribution in [2.24, 2.45) is 7.05 Å². The number of nitrogens with zero attached hydrogens (tertiary/aromatic N) is 6. The van der Waals surface area contributed by atoms with Crippen LogP contribution in [-0.4, -0.2) is 62.5 Å². The maximum absolute atomic E-state index is 12.8. The van der Waals surface area contributed by atoms with Gasteiger partial charge < -0.3 is 14.4 Å². The largest absolute Gasteiger partial charge is 0.345 e. The summed E-state index contributed by atoms with van der Waals surface area (Å²) in [5, 5.41) is 11.3. The highest BCUT2D eigenvalue weighted by Gasteiger charge is 2.24. The van der Waals surface area contributed by atoms with E-state index in [1.807, 2.05) is 40.8 Å². The fraction of sp³-hybridized carbons (Fsp3) is 0.273. The van der Waals surface area contributed by atoms with E-state index in [1.165, 1.54) is 16.5 Å². The van der Waals surface area contributed by atoms with E-state index in [0.717, 1.165) is 29.3 Å². The molecule has 1 aliphatic heterocycles. The van der Waals surface area contributed by atoms with Crippen molar-refractivity contribution in [2.75, 3.05) is 36.8 Å². The third kappa shape index (κ3) is 4.68. The summed E-state index contributed by atoms with van der Waals surface area (Å²) in [4.78, 5) is 21.7. The summed E-state index contributed by atoms with van der Waals surface area (Å²) in [5.41, 5.74) is 1.77. The molecular weight excluding hydrogens is 499 g/mol. The van der Waals surface area contributed by atoms with Gasteiger partial charge in [-0.25, -0.2) is 4.98 Å². The van der Waals surface area contributed by atoms with Crippen LogP contribution in [0.2, 0.25) is 10.0 Å². The highest BCUT2D eigenvalue weighted by atomic mass is 35.5. The molecule has 2 aromatic carbocycles. The van der Waals surface area contributed by atoms with E-state index in [-0.39, 0.29) is 5.91 Å². The van der Waals surface area contributed by atoms with Crippen LogP contribution in [0.25, 0.3) is 21.6 Å². The quantitative estimate of drug-likeness (QED) is 0.352. The predicted molar refractivity (Wildman–Crippen MR) is 136 cm³/mol. The highest BCUT2D eigenvalue weighted by Crippen LogP contribution is 2.31. The first-order valence-corrected chi connectivity index (χ1v) is 12.9. The molecule has 33 heavy (non-hydrogen) atoms. The van der Waals surface area contributed by atoms with Crippen LogP contribution < -0.4 is 4.90 Å². The Bertz CT molecular complexity index is 1280. The van der Waals surface area contributed by atoms with E-state index in [9.17, 15) is 4.79 Å². The second-order valence-corrected chi connectivity index (χ2v) is 10.4. The Balaban J connectivity index is 1.18. The Morgan fingerprint density at radius 2 is 1.88 bits per heavy atom. The van der Waals surface area contributed by atoms with Crippen molar-refractivity contribution in [2.45, 2.75) is 5.16 Å². The van der Waals surface area contributed by atoms with Crippen molar-refractivity contribution in [1.82, 2.24) is 24.6 Å². The summed E-state index contributed by atoms with van der Waals surface area (Å²) in [5.74, 6) is 1.04. The Morgan fingerprint density at radius 3 is 2.64 bits per heavy atom. The van der Waals surface area contributed by atoms with Gasteiger partial charge in [0.2, 0.25) is 5.91 Å². The van der Waals surface area contributed by atoms with Crippen LogP contribution in [0.15, 0.2) is 47.6 Å².